The van der Waals surface area contributed by atoms with Crippen molar-refractivity contribution in [2.75, 3.05) is 13.0 Å². The molecule has 0 bridgehead atoms. The quantitative estimate of drug-likeness (QED) is 0.624. The number of amides is 1. The molecule has 0 spiro atoms. The van der Waals surface area contributed by atoms with E-state index in [1.807, 2.05) is 0 Å². The van der Waals surface area contributed by atoms with E-state index >= 15 is 0 Å². The highest BCUT2D eigenvalue weighted by Gasteiger charge is 2.06. The van der Waals surface area contributed by atoms with Gasteiger partial charge in [0, 0.05) is 6.20 Å². The SMILES string of the molecule is COC(=O)c1ccnc(CNC(=O)CCl)c1. The maximum atomic E-state index is 11.2. The Kier molecular flexibility index (Phi) is 4.72. The number of carbonyl (C=O) groups excluding carboxylic acids is 2. The van der Waals surface area contributed by atoms with Crippen LogP contribution in [-0.2, 0) is 16.1 Å². The normalized spacial score (nSPS) is 9.62. The molecule has 1 rings (SSSR count). The fourth-order valence-corrected chi connectivity index (χ4v) is 1.15. The number of hydrogen-bond acceptors (Lipinski definition) is 4. The molecular weight excluding hydrogens is 232 g/mol. The molecule has 0 saturated carbocycles. The summed E-state index contributed by atoms with van der Waals surface area (Å²) in [6.07, 6.45) is 1.48. The molecule has 1 aromatic rings. The average molecular weight is 243 g/mol. The van der Waals surface area contributed by atoms with E-state index < -0.39 is 5.97 Å². The maximum absolute atomic E-state index is 11.2. The molecule has 5 nitrogen and oxygen atoms in total. The molecule has 0 aliphatic heterocycles. The molecule has 0 saturated heterocycles. The van der Waals surface area contributed by atoms with Gasteiger partial charge < -0.3 is 10.1 Å². The third-order valence-corrected chi connectivity index (χ3v) is 2.07. The Morgan fingerprint density at radius 1 is 1.56 bits per heavy atom. The average Bonchev–Trinajstić information content (AvgIpc) is 2.35. The van der Waals surface area contributed by atoms with E-state index in [-0.39, 0.29) is 18.3 Å². The number of rotatable bonds is 4. The first-order valence-electron chi connectivity index (χ1n) is 4.53. The number of carbonyl (C=O) groups is 2. The summed E-state index contributed by atoms with van der Waals surface area (Å²) >= 11 is 5.32. The minimum Gasteiger partial charge on any atom is -0.465 e. The van der Waals surface area contributed by atoms with Gasteiger partial charge in [0.25, 0.3) is 0 Å². The second-order valence-corrected chi connectivity index (χ2v) is 3.21. The van der Waals surface area contributed by atoms with Crippen LogP contribution in [0.15, 0.2) is 18.3 Å². The summed E-state index contributed by atoms with van der Waals surface area (Å²) < 4.78 is 4.56. The second-order valence-electron chi connectivity index (χ2n) is 2.94. The number of hydrogen-bond donors (Lipinski definition) is 1. The van der Waals surface area contributed by atoms with E-state index in [0.717, 1.165) is 0 Å². The molecule has 0 fully saturated rings. The minimum atomic E-state index is -0.438. The van der Waals surface area contributed by atoms with Crippen molar-refractivity contribution in [3.05, 3.63) is 29.6 Å². The van der Waals surface area contributed by atoms with Crippen LogP contribution in [0.2, 0.25) is 0 Å². The molecule has 0 aliphatic carbocycles. The molecule has 1 N–H and O–H groups in total. The number of pyridine rings is 1. The molecule has 0 atom stereocenters. The van der Waals surface area contributed by atoms with Crippen LogP contribution >= 0.6 is 11.6 Å². The van der Waals surface area contributed by atoms with Gasteiger partial charge in [-0.05, 0) is 12.1 Å². The van der Waals surface area contributed by atoms with E-state index in [1.54, 1.807) is 12.1 Å². The maximum Gasteiger partial charge on any atom is 0.337 e. The van der Waals surface area contributed by atoms with Crippen LogP contribution in [0.25, 0.3) is 0 Å². The van der Waals surface area contributed by atoms with Crippen LogP contribution in [0, 0.1) is 0 Å². The van der Waals surface area contributed by atoms with Crippen LogP contribution in [-0.4, -0.2) is 29.9 Å². The van der Waals surface area contributed by atoms with Crippen molar-refractivity contribution < 1.29 is 14.3 Å². The van der Waals surface area contributed by atoms with Gasteiger partial charge in [0.2, 0.25) is 5.91 Å². The highest BCUT2D eigenvalue weighted by molar-refractivity contribution is 6.27. The van der Waals surface area contributed by atoms with Crippen molar-refractivity contribution in [3.8, 4) is 0 Å². The summed E-state index contributed by atoms with van der Waals surface area (Å²) in [5.74, 6) is -0.823. The van der Waals surface area contributed by atoms with Gasteiger partial charge in [0.1, 0.15) is 5.88 Å². The van der Waals surface area contributed by atoms with Crippen molar-refractivity contribution in [1.82, 2.24) is 10.3 Å². The molecule has 0 radical (unpaired) electrons. The number of nitrogens with zero attached hydrogens (tertiary/aromatic N) is 1. The fraction of sp³-hybridized carbons (Fsp3) is 0.300. The van der Waals surface area contributed by atoms with E-state index in [2.05, 4.69) is 15.0 Å². The smallest absolute Gasteiger partial charge is 0.337 e. The lowest BCUT2D eigenvalue weighted by molar-refractivity contribution is -0.118. The molecular formula is C10H11ClN2O3. The van der Waals surface area contributed by atoms with Crippen LogP contribution in [0.4, 0.5) is 0 Å². The number of esters is 1. The first kappa shape index (κ1) is 12.4. The van der Waals surface area contributed by atoms with E-state index in [1.165, 1.54) is 13.3 Å². The zero-order chi connectivity index (χ0) is 12.0. The van der Waals surface area contributed by atoms with Gasteiger partial charge in [-0.2, -0.15) is 0 Å². The van der Waals surface area contributed by atoms with Gasteiger partial charge in [-0.1, -0.05) is 0 Å². The number of ether oxygens (including phenoxy) is 1. The summed E-state index contributed by atoms with van der Waals surface area (Å²) in [6.45, 7) is 0.233. The second kappa shape index (κ2) is 6.07. The van der Waals surface area contributed by atoms with Gasteiger partial charge >= 0.3 is 5.97 Å². The standard InChI is InChI=1S/C10H11ClN2O3/c1-16-10(15)7-2-3-12-8(4-7)6-13-9(14)5-11/h2-4H,5-6H2,1H3,(H,13,14). The Morgan fingerprint density at radius 2 is 2.31 bits per heavy atom. The van der Waals surface area contributed by atoms with Crippen molar-refractivity contribution in [2.45, 2.75) is 6.54 Å². The van der Waals surface area contributed by atoms with Gasteiger partial charge in [-0.25, -0.2) is 4.79 Å². The van der Waals surface area contributed by atoms with Crippen LogP contribution in [0.3, 0.4) is 0 Å². The Bertz CT molecular complexity index is 395. The first-order valence-corrected chi connectivity index (χ1v) is 5.06. The monoisotopic (exact) mass is 242 g/mol. The summed E-state index contributed by atoms with van der Waals surface area (Å²) in [6, 6.07) is 3.10. The Labute approximate surface area is 97.8 Å². The molecule has 0 aliphatic rings. The molecule has 16 heavy (non-hydrogen) atoms. The van der Waals surface area contributed by atoms with Gasteiger partial charge in [-0.3, -0.25) is 9.78 Å². The Balaban J connectivity index is 2.67. The number of alkyl halides is 1. The molecule has 86 valence electrons. The van der Waals surface area contributed by atoms with Crippen molar-refractivity contribution in [2.24, 2.45) is 0 Å². The molecule has 6 heteroatoms. The van der Waals surface area contributed by atoms with Crippen LogP contribution in [0.1, 0.15) is 16.1 Å². The zero-order valence-corrected chi connectivity index (χ0v) is 9.45. The van der Waals surface area contributed by atoms with Gasteiger partial charge in [-0.15, -0.1) is 11.6 Å². The Hall–Kier alpha value is -1.62. The topological polar surface area (TPSA) is 68.3 Å². The third-order valence-electron chi connectivity index (χ3n) is 1.83. The predicted octanol–water partition coefficient (Wildman–Crippen LogP) is 0.723. The first-order chi connectivity index (χ1) is 7.67. The lowest BCUT2D eigenvalue weighted by atomic mass is 10.2. The number of halogens is 1. The van der Waals surface area contributed by atoms with Gasteiger partial charge in [0.15, 0.2) is 0 Å². The largest absolute Gasteiger partial charge is 0.465 e. The number of methoxy groups -OCH3 is 1. The van der Waals surface area contributed by atoms with Gasteiger partial charge in [0.05, 0.1) is 24.9 Å². The summed E-state index contributed by atoms with van der Waals surface area (Å²) in [7, 11) is 1.30. The molecule has 1 amide bonds. The third kappa shape index (κ3) is 3.51. The van der Waals surface area contributed by atoms with E-state index in [0.29, 0.717) is 11.3 Å². The van der Waals surface area contributed by atoms with Crippen molar-refractivity contribution in [3.63, 3.8) is 0 Å². The molecule has 1 heterocycles. The van der Waals surface area contributed by atoms with Crippen LogP contribution < -0.4 is 5.32 Å². The highest BCUT2D eigenvalue weighted by atomic mass is 35.5. The minimum absolute atomic E-state index is 0.101. The fourth-order valence-electron chi connectivity index (χ4n) is 1.06. The molecule has 0 unspecified atom stereocenters. The molecule has 1 aromatic heterocycles. The van der Waals surface area contributed by atoms with Crippen molar-refractivity contribution >= 4 is 23.5 Å². The number of aromatic nitrogens is 1. The van der Waals surface area contributed by atoms with E-state index in [9.17, 15) is 9.59 Å². The Morgan fingerprint density at radius 3 is 2.94 bits per heavy atom. The zero-order valence-electron chi connectivity index (χ0n) is 8.70. The van der Waals surface area contributed by atoms with E-state index in [4.69, 9.17) is 11.6 Å². The molecule has 0 aromatic carbocycles. The van der Waals surface area contributed by atoms with Crippen LogP contribution in [0.5, 0.6) is 0 Å². The summed E-state index contributed by atoms with van der Waals surface area (Å²) in [5, 5.41) is 2.55. The lowest BCUT2D eigenvalue weighted by Gasteiger charge is -2.04. The summed E-state index contributed by atoms with van der Waals surface area (Å²) in [4.78, 5) is 26.1. The number of nitrogens with one attached hydrogen (secondary N) is 1. The highest BCUT2D eigenvalue weighted by Crippen LogP contribution is 2.03. The van der Waals surface area contributed by atoms with Crippen molar-refractivity contribution in [1.29, 1.82) is 0 Å². The summed E-state index contributed by atoms with van der Waals surface area (Å²) in [5.41, 5.74) is 0.967. The lowest BCUT2D eigenvalue weighted by Crippen LogP contribution is -2.24. The predicted molar refractivity (Wildman–Crippen MR) is 58.1 cm³/mol.